The van der Waals surface area contributed by atoms with Gasteiger partial charge in [-0.05, 0) is 25.8 Å². The standard InChI is InChI=1S/C22H23FN6O3/c1-13-11-31-17-10-29-18-16(8-25-29)20(30)27-22(4-2-3-5-22)12-32-21-14(6-15(23)7-24-21)9-28(13)19(17)26-18/h6-8,10,13H,2-5,9,11-12H2,1H3,(H,27,30)/t13-/m1/s1. The van der Waals surface area contributed by atoms with Gasteiger partial charge in [-0.15, -0.1) is 0 Å². The van der Waals surface area contributed by atoms with Gasteiger partial charge in [-0.1, -0.05) is 12.8 Å². The average Bonchev–Trinajstić information content (AvgIpc) is 3.40. The van der Waals surface area contributed by atoms with Crippen LogP contribution in [0, 0.1) is 5.82 Å². The summed E-state index contributed by atoms with van der Waals surface area (Å²) in [6, 6.07) is 1.42. The molecule has 5 heterocycles. The summed E-state index contributed by atoms with van der Waals surface area (Å²) in [5.41, 5.74) is 0.964. The van der Waals surface area contributed by atoms with E-state index in [0.717, 1.165) is 31.9 Å². The highest BCUT2D eigenvalue weighted by Gasteiger charge is 2.38. The molecule has 0 unspecified atom stereocenters. The van der Waals surface area contributed by atoms with Crippen LogP contribution in [0.5, 0.6) is 11.6 Å². The maximum Gasteiger partial charge on any atom is 0.257 e. The van der Waals surface area contributed by atoms with Crippen LogP contribution < -0.4 is 19.7 Å². The van der Waals surface area contributed by atoms with Gasteiger partial charge in [0.2, 0.25) is 5.88 Å². The Labute approximate surface area is 183 Å². The molecule has 1 atom stereocenters. The van der Waals surface area contributed by atoms with Crippen LogP contribution in [0.4, 0.5) is 10.2 Å². The van der Waals surface area contributed by atoms with E-state index in [4.69, 9.17) is 14.5 Å². The molecular formula is C22H23FN6O3. The largest absolute Gasteiger partial charge is 0.486 e. The van der Waals surface area contributed by atoms with Gasteiger partial charge in [0.05, 0.1) is 36.7 Å². The Morgan fingerprint density at radius 2 is 2.09 bits per heavy atom. The fraction of sp³-hybridized carbons (Fsp3) is 0.455. The summed E-state index contributed by atoms with van der Waals surface area (Å²) in [5, 5.41) is 7.51. The molecule has 0 aromatic carbocycles. The Kier molecular flexibility index (Phi) is 4.24. The summed E-state index contributed by atoms with van der Waals surface area (Å²) in [6.45, 7) is 3.07. The van der Waals surface area contributed by atoms with Crippen LogP contribution in [0.1, 0.15) is 48.5 Å². The molecule has 1 fully saturated rings. The number of nitrogens with one attached hydrogen (secondary N) is 1. The number of carbonyl (C=O) groups excluding carboxylic acids is 1. The topological polar surface area (TPSA) is 93.9 Å². The molecule has 3 aliphatic rings. The first-order valence-corrected chi connectivity index (χ1v) is 10.9. The Hall–Kier alpha value is -3.43. The number of anilines is 1. The second-order valence-electron chi connectivity index (χ2n) is 8.89. The number of nitrogens with zero attached hydrogens (tertiary/aromatic N) is 5. The van der Waals surface area contributed by atoms with Crippen molar-refractivity contribution in [2.24, 2.45) is 0 Å². The normalized spacial score (nSPS) is 21.9. The first-order chi connectivity index (χ1) is 15.5. The molecule has 1 amide bonds. The zero-order chi connectivity index (χ0) is 21.9. The predicted molar refractivity (Wildman–Crippen MR) is 112 cm³/mol. The van der Waals surface area contributed by atoms with Crippen molar-refractivity contribution in [3.05, 3.63) is 41.6 Å². The molecular weight excluding hydrogens is 415 g/mol. The van der Waals surface area contributed by atoms with Gasteiger partial charge in [-0.3, -0.25) is 4.79 Å². The summed E-state index contributed by atoms with van der Waals surface area (Å²) >= 11 is 0. The zero-order valence-electron chi connectivity index (χ0n) is 17.7. The minimum atomic E-state index is -0.514. The van der Waals surface area contributed by atoms with Gasteiger partial charge in [0.25, 0.3) is 5.91 Å². The smallest absolute Gasteiger partial charge is 0.257 e. The third-order valence-corrected chi connectivity index (χ3v) is 6.63. The van der Waals surface area contributed by atoms with Crippen molar-refractivity contribution in [3.8, 4) is 11.6 Å². The van der Waals surface area contributed by atoms with E-state index < -0.39 is 11.4 Å². The lowest BCUT2D eigenvalue weighted by Crippen LogP contribution is -2.50. The highest BCUT2D eigenvalue weighted by atomic mass is 19.1. The molecule has 1 N–H and O–H groups in total. The summed E-state index contributed by atoms with van der Waals surface area (Å²) in [6.07, 6.45) is 8.02. The van der Waals surface area contributed by atoms with Crippen LogP contribution >= 0.6 is 0 Å². The van der Waals surface area contributed by atoms with Crippen LogP contribution in [-0.4, -0.2) is 50.3 Å². The lowest BCUT2D eigenvalue weighted by molar-refractivity contribution is 0.0853. The number of ether oxygens (including phenoxy) is 2. The van der Waals surface area contributed by atoms with Crippen LogP contribution in [0.2, 0.25) is 0 Å². The molecule has 0 radical (unpaired) electrons. The van der Waals surface area contributed by atoms with Gasteiger partial charge in [-0.25, -0.2) is 18.9 Å². The minimum Gasteiger partial charge on any atom is -0.486 e. The van der Waals surface area contributed by atoms with Crippen molar-refractivity contribution in [1.82, 2.24) is 24.9 Å². The number of halogens is 1. The van der Waals surface area contributed by atoms with Gasteiger partial charge in [0, 0.05) is 5.56 Å². The molecule has 6 rings (SSSR count). The number of rotatable bonds is 0. The summed E-state index contributed by atoms with van der Waals surface area (Å²) in [5.74, 6) is 0.843. The van der Waals surface area contributed by atoms with E-state index >= 15 is 0 Å². The van der Waals surface area contributed by atoms with Crippen LogP contribution in [-0.2, 0) is 6.54 Å². The molecule has 2 aliphatic heterocycles. The highest BCUT2D eigenvalue weighted by molar-refractivity contribution is 6.00. The average molecular weight is 438 g/mol. The van der Waals surface area contributed by atoms with Gasteiger partial charge in [0.15, 0.2) is 17.2 Å². The van der Waals surface area contributed by atoms with Crippen molar-refractivity contribution in [1.29, 1.82) is 0 Å². The second-order valence-corrected chi connectivity index (χ2v) is 8.89. The van der Waals surface area contributed by atoms with Crippen molar-refractivity contribution < 1.29 is 18.7 Å². The number of hydrogen-bond donors (Lipinski definition) is 1. The van der Waals surface area contributed by atoms with Crippen molar-refractivity contribution in [3.63, 3.8) is 0 Å². The number of amides is 1. The molecule has 32 heavy (non-hydrogen) atoms. The summed E-state index contributed by atoms with van der Waals surface area (Å²) in [4.78, 5) is 24.3. The van der Waals surface area contributed by atoms with E-state index in [1.54, 1.807) is 10.7 Å². The summed E-state index contributed by atoms with van der Waals surface area (Å²) < 4.78 is 27.8. The van der Waals surface area contributed by atoms with E-state index in [-0.39, 0.29) is 18.6 Å². The van der Waals surface area contributed by atoms with Gasteiger partial charge < -0.3 is 19.7 Å². The maximum absolute atomic E-state index is 14.2. The Bertz CT molecular complexity index is 1220. The maximum atomic E-state index is 14.2. The third-order valence-electron chi connectivity index (χ3n) is 6.63. The fourth-order valence-corrected chi connectivity index (χ4v) is 4.86. The predicted octanol–water partition coefficient (Wildman–Crippen LogP) is 2.49. The van der Waals surface area contributed by atoms with Crippen molar-refractivity contribution in [2.45, 2.75) is 50.7 Å². The Morgan fingerprint density at radius 3 is 2.94 bits per heavy atom. The molecule has 1 saturated carbocycles. The van der Waals surface area contributed by atoms with Gasteiger partial charge in [0.1, 0.15) is 24.6 Å². The van der Waals surface area contributed by atoms with Crippen LogP contribution in [0.15, 0.2) is 24.7 Å². The molecule has 3 aromatic heterocycles. The van der Waals surface area contributed by atoms with Crippen molar-refractivity contribution >= 4 is 17.4 Å². The number of carbonyl (C=O) groups is 1. The van der Waals surface area contributed by atoms with E-state index in [0.29, 0.717) is 47.4 Å². The molecule has 2 bridgehead atoms. The third kappa shape index (κ3) is 3.04. The molecule has 3 aromatic rings. The van der Waals surface area contributed by atoms with Crippen LogP contribution in [0.25, 0.3) is 5.65 Å². The van der Waals surface area contributed by atoms with Gasteiger partial charge in [-0.2, -0.15) is 5.10 Å². The highest BCUT2D eigenvalue weighted by Crippen LogP contribution is 2.36. The van der Waals surface area contributed by atoms with E-state index in [2.05, 4.69) is 15.4 Å². The molecule has 166 valence electrons. The molecule has 9 nitrogen and oxygen atoms in total. The van der Waals surface area contributed by atoms with Crippen LogP contribution in [0.3, 0.4) is 0 Å². The lowest BCUT2D eigenvalue weighted by atomic mass is 9.98. The van der Waals surface area contributed by atoms with E-state index in [1.165, 1.54) is 12.3 Å². The molecule has 0 saturated heterocycles. The SMILES string of the molecule is C[C@@H]1COc2cn3ncc4c3nc2N1Cc1cc(F)cnc1OCC1(CCCC1)NC4=O. The number of hydrogen-bond acceptors (Lipinski definition) is 7. The minimum absolute atomic E-state index is 0.0277. The quantitative estimate of drug-likeness (QED) is 0.576. The molecule has 1 aliphatic carbocycles. The number of pyridine rings is 1. The van der Waals surface area contributed by atoms with Crippen molar-refractivity contribution in [2.75, 3.05) is 18.1 Å². The number of fused-ring (bicyclic) bond motifs is 1. The zero-order valence-corrected chi connectivity index (χ0v) is 17.7. The van der Waals surface area contributed by atoms with Gasteiger partial charge >= 0.3 is 0 Å². The van der Waals surface area contributed by atoms with E-state index in [9.17, 15) is 9.18 Å². The van der Waals surface area contributed by atoms with E-state index in [1.807, 2.05) is 11.8 Å². The number of aromatic nitrogens is 4. The Balaban J connectivity index is 1.54. The Morgan fingerprint density at radius 1 is 1.25 bits per heavy atom. The molecule has 1 spiro atoms. The lowest BCUT2D eigenvalue weighted by Gasteiger charge is -2.35. The first-order valence-electron chi connectivity index (χ1n) is 10.9. The fourth-order valence-electron chi connectivity index (χ4n) is 4.86. The first kappa shape index (κ1) is 19.3. The summed E-state index contributed by atoms with van der Waals surface area (Å²) in [7, 11) is 0. The second kappa shape index (κ2) is 7.04. The monoisotopic (exact) mass is 438 g/mol. The molecule has 10 heteroatoms.